The SMILES string of the molecule is Fc1cc2c(-c3cncnc3)c[nH]c2cn1. The van der Waals surface area contributed by atoms with E-state index >= 15 is 0 Å². The first-order chi connectivity index (χ1) is 7.84. The highest BCUT2D eigenvalue weighted by atomic mass is 19.1. The molecule has 3 aromatic rings. The summed E-state index contributed by atoms with van der Waals surface area (Å²) in [5, 5.41) is 0.780. The van der Waals surface area contributed by atoms with Gasteiger partial charge in [-0.2, -0.15) is 4.39 Å². The van der Waals surface area contributed by atoms with Gasteiger partial charge in [0.15, 0.2) is 0 Å². The third-order valence-corrected chi connectivity index (χ3v) is 2.40. The maximum Gasteiger partial charge on any atom is 0.213 e. The first kappa shape index (κ1) is 8.96. The molecule has 5 heteroatoms. The molecule has 0 radical (unpaired) electrons. The molecular formula is C11H7FN4. The number of nitrogens with zero attached hydrogens (tertiary/aromatic N) is 3. The Hall–Kier alpha value is -2.30. The van der Waals surface area contributed by atoms with E-state index in [4.69, 9.17) is 0 Å². The Morgan fingerprint density at radius 2 is 1.94 bits per heavy atom. The summed E-state index contributed by atoms with van der Waals surface area (Å²) in [5.41, 5.74) is 2.51. The highest BCUT2D eigenvalue weighted by Gasteiger charge is 2.07. The van der Waals surface area contributed by atoms with Crippen LogP contribution < -0.4 is 0 Å². The average molecular weight is 214 g/mol. The molecular weight excluding hydrogens is 207 g/mol. The lowest BCUT2D eigenvalue weighted by molar-refractivity contribution is 0.586. The molecule has 0 atom stereocenters. The number of pyridine rings is 1. The lowest BCUT2D eigenvalue weighted by Crippen LogP contribution is -1.83. The quantitative estimate of drug-likeness (QED) is 0.631. The number of fused-ring (bicyclic) bond motifs is 1. The van der Waals surface area contributed by atoms with Crippen LogP contribution in [0, 0.1) is 5.95 Å². The number of hydrogen-bond donors (Lipinski definition) is 1. The standard InChI is InChI=1S/C11H7FN4/c12-11-1-8-9(4-15-10(8)5-16-11)7-2-13-6-14-3-7/h1-6,15H. The van der Waals surface area contributed by atoms with Crippen molar-refractivity contribution in [2.75, 3.05) is 0 Å². The van der Waals surface area contributed by atoms with Gasteiger partial charge < -0.3 is 4.98 Å². The van der Waals surface area contributed by atoms with Crippen LogP contribution in [0.1, 0.15) is 0 Å². The van der Waals surface area contributed by atoms with Crippen molar-refractivity contribution in [1.82, 2.24) is 19.9 Å². The van der Waals surface area contributed by atoms with Gasteiger partial charge >= 0.3 is 0 Å². The van der Waals surface area contributed by atoms with Crippen molar-refractivity contribution in [3.63, 3.8) is 0 Å². The van der Waals surface area contributed by atoms with Gasteiger partial charge in [-0.1, -0.05) is 0 Å². The molecule has 0 aliphatic rings. The summed E-state index contributed by atoms with van der Waals surface area (Å²) in [6.07, 6.45) is 8.10. The molecule has 0 saturated heterocycles. The van der Waals surface area contributed by atoms with Gasteiger partial charge in [-0.3, -0.25) is 0 Å². The summed E-state index contributed by atoms with van der Waals surface area (Å²) in [4.78, 5) is 14.5. The number of hydrogen-bond acceptors (Lipinski definition) is 3. The van der Waals surface area contributed by atoms with Crippen molar-refractivity contribution in [2.24, 2.45) is 0 Å². The zero-order valence-electron chi connectivity index (χ0n) is 8.18. The van der Waals surface area contributed by atoms with Crippen LogP contribution in [-0.2, 0) is 0 Å². The van der Waals surface area contributed by atoms with Crippen LogP contribution in [0.3, 0.4) is 0 Å². The molecule has 0 aromatic carbocycles. The van der Waals surface area contributed by atoms with Crippen molar-refractivity contribution in [3.05, 3.63) is 43.1 Å². The van der Waals surface area contributed by atoms with Crippen molar-refractivity contribution < 1.29 is 4.39 Å². The van der Waals surface area contributed by atoms with E-state index in [-0.39, 0.29) is 0 Å². The molecule has 3 aromatic heterocycles. The molecule has 0 bridgehead atoms. The smallest absolute Gasteiger partial charge is 0.213 e. The zero-order chi connectivity index (χ0) is 11.0. The highest BCUT2D eigenvalue weighted by Crippen LogP contribution is 2.27. The fourth-order valence-electron chi connectivity index (χ4n) is 1.67. The third kappa shape index (κ3) is 1.33. The van der Waals surface area contributed by atoms with Gasteiger partial charge in [0.05, 0.1) is 11.7 Å². The summed E-state index contributed by atoms with van der Waals surface area (Å²) in [7, 11) is 0. The number of H-pyrrole nitrogens is 1. The highest BCUT2D eigenvalue weighted by molar-refractivity contribution is 5.94. The first-order valence-corrected chi connectivity index (χ1v) is 4.72. The summed E-state index contributed by atoms with van der Waals surface area (Å²) < 4.78 is 13.1. The number of nitrogens with one attached hydrogen (secondary N) is 1. The molecule has 0 aliphatic carbocycles. The average Bonchev–Trinajstić information content (AvgIpc) is 2.73. The molecule has 16 heavy (non-hydrogen) atoms. The van der Waals surface area contributed by atoms with Gasteiger partial charge in [0.2, 0.25) is 5.95 Å². The summed E-state index contributed by atoms with van der Waals surface area (Å²) in [5.74, 6) is -0.495. The van der Waals surface area contributed by atoms with Crippen LogP contribution in [0.15, 0.2) is 37.2 Å². The Labute approximate surface area is 90.2 Å². The van der Waals surface area contributed by atoms with Crippen molar-refractivity contribution in [3.8, 4) is 11.1 Å². The number of aromatic amines is 1. The maximum absolute atomic E-state index is 13.1. The van der Waals surface area contributed by atoms with Gasteiger partial charge in [0.25, 0.3) is 0 Å². The zero-order valence-corrected chi connectivity index (χ0v) is 8.18. The van der Waals surface area contributed by atoms with Gasteiger partial charge in [-0.15, -0.1) is 0 Å². The van der Waals surface area contributed by atoms with E-state index in [2.05, 4.69) is 19.9 Å². The Morgan fingerprint density at radius 1 is 1.12 bits per heavy atom. The second kappa shape index (κ2) is 3.37. The topological polar surface area (TPSA) is 54.5 Å². The Bertz CT molecular complexity index is 633. The van der Waals surface area contributed by atoms with E-state index in [9.17, 15) is 4.39 Å². The summed E-state index contributed by atoms with van der Waals surface area (Å²) in [6, 6.07) is 1.40. The second-order valence-electron chi connectivity index (χ2n) is 3.38. The Balaban J connectivity index is 2.29. The predicted molar refractivity (Wildman–Crippen MR) is 57.1 cm³/mol. The second-order valence-corrected chi connectivity index (χ2v) is 3.38. The number of aromatic nitrogens is 4. The van der Waals surface area contributed by atoms with E-state index in [1.54, 1.807) is 18.6 Å². The molecule has 0 aliphatic heterocycles. The normalized spacial score (nSPS) is 10.8. The molecule has 0 saturated carbocycles. The minimum absolute atomic E-state index is 0.495. The number of rotatable bonds is 1. The molecule has 0 fully saturated rings. The van der Waals surface area contributed by atoms with E-state index in [1.807, 2.05) is 0 Å². The molecule has 78 valence electrons. The van der Waals surface area contributed by atoms with Gasteiger partial charge in [0, 0.05) is 41.2 Å². The van der Waals surface area contributed by atoms with Crippen molar-refractivity contribution in [1.29, 1.82) is 0 Å². The lowest BCUT2D eigenvalue weighted by Gasteiger charge is -1.97. The van der Waals surface area contributed by atoms with E-state index in [0.717, 1.165) is 22.0 Å². The molecule has 4 nitrogen and oxygen atoms in total. The summed E-state index contributed by atoms with van der Waals surface area (Å²) in [6.45, 7) is 0. The molecule has 3 heterocycles. The van der Waals surface area contributed by atoms with Gasteiger partial charge in [-0.25, -0.2) is 15.0 Å². The van der Waals surface area contributed by atoms with E-state index in [0.29, 0.717) is 0 Å². The fourth-order valence-corrected chi connectivity index (χ4v) is 1.67. The lowest BCUT2D eigenvalue weighted by atomic mass is 10.1. The molecule has 0 spiro atoms. The Morgan fingerprint density at radius 3 is 2.75 bits per heavy atom. The van der Waals surface area contributed by atoms with Crippen LogP contribution in [-0.4, -0.2) is 19.9 Å². The predicted octanol–water partition coefficient (Wildman–Crippen LogP) is 2.16. The van der Waals surface area contributed by atoms with Crippen LogP contribution in [0.25, 0.3) is 22.0 Å². The minimum atomic E-state index is -0.495. The van der Waals surface area contributed by atoms with Crippen molar-refractivity contribution >= 4 is 10.9 Å². The van der Waals surface area contributed by atoms with Crippen LogP contribution in [0.2, 0.25) is 0 Å². The van der Waals surface area contributed by atoms with E-state index in [1.165, 1.54) is 18.6 Å². The first-order valence-electron chi connectivity index (χ1n) is 4.72. The monoisotopic (exact) mass is 214 g/mol. The van der Waals surface area contributed by atoms with Gasteiger partial charge in [-0.05, 0) is 0 Å². The van der Waals surface area contributed by atoms with E-state index < -0.39 is 5.95 Å². The molecule has 3 rings (SSSR count). The summed E-state index contributed by atoms with van der Waals surface area (Å²) >= 11 is 0. The van der Waals surface area contributed by atoms with Gasteiger partial charge in [0.1, 0.15) is 6.33 Å². The maximum atomic E-state index is 13.1. The minimum Gasteiger partial charge on any atom is -0.359 e. The molecule has 0 unspecified atom stereocenters. The van der Waals surface area contributed by atoms with Crippen LogP contribution >= 0.6 is 0 Å². The Kier molecular flexibility index (Phi) is 1.89. The van der Waals surface area contributed by atoms with Crippen LogP contribution in [0.4, 0.5) is 4.39 Å². The largest absolute Gasteiger partial charge is 0.359 e. The third-order valence-electron chi connectivity index (χ3n) is 2.40. The number of halogens is 1. The van der Waals surface area contributed by atoms with Crippen molar-refractivity contribution in [2.45, 2.75) is 0 Å². The molecule has 1 N–H and O–H groups in total. The molecule has 0 amide bonds. The fraction of sp³-hybridized carbons (Fsp3) is 0. The van der Waals surface area contributed by atoms with Crippen LogP contribution in [0.5, 0.6) is 0 Å².